The first-order chi connectivity index (χ1) is 15.7. The minimum absolute atomic E-state index is 0.0141. The normalized spacial score (nSPS) is 31.2. The van der Waals surface area contributed by atoms with E-state index in [0.29, 0.717) is 12.8 Å². The molecule has 33 heavy (non-hydrogen) atoms. The van der Waals surface area contributed by atoms with Gasteiger partial charge in [0.1, 0.15) is 5.75 Å². The third-order valence-corrected chi connectivity index (χ3v) is 8.62. The Morgan fingerprint density at radius 2 is 2.03 bits per heavy atom. The first kappa shape index (κ1) is 22.2. The van der Waals surface area contributed by atoms with Crippen molar-refractivity contribution in [2.24, 2.45) is 0 Å². The number of aromatic hydroxyl groups is 1. The summed E-state index contributed by atoms with van der Waals surface area (Å²) in [6, 6.07) is 13.8. The molecule has 1 saturated heterocycles. The molecule has 5 rings (SSSR count). The maximum Gasteiger partial charge on any atom is 0.246 e. The van der Waals surface area contributed by atoms with Crippen LogP contribution in [0.1, 0.15) is 47.9 Å². The van der Waals surface area contributed by atoms with Gasteiger partial charge in [-0.25, -0.2) is 0 Å². The number of phenolic OH excluding ortho intramolecular Hbond substituents is 1. The quantitative estimate of drug-likeness (QED) is 0.707. The van der Waals surface area contributed by atoms with E-state index in [1.807, 2.05) is 55.3 Å². The van der Waals surface area contributed by atoms with Gasteiger partial charge in [-0.1, -0.05) is 35.9 Å². The Bertz CT molecular complexity index is 1110. The molecular weight excluding hydrogens is 412 g/mol. The fourth-order valence-electron chi connectivity index (χ4n) is 6.77. The lowest BCUT2D eigenvalue weighted by molar-refractivity contribution is -0.172. The minimum Gasteiger partial charge on any atom is -0.508 e. The van der Waals surface area contributed by atoms with Crippen LogP contribution in [-0.4, -0.2) is 64.2 Å². The summed E-state index contributed by atoms with van der Waals surface area (Å²) in [6.07, 6.45) is 7.30. The number of benzene rings is 2. The molecule has 1 aliphatic heterocycles. The van der Waals surface area contributed by atoms with Crippen molar-refractivity contribution in [3.63, 3.8) is 0 Å². The molecule has 174 valence electrons. The van der Waals surface area contributed by atoms with Crippen LogP contribution in [0.2, 0.25) is 0 Å². The summed E-state index contributed by atoms with van der Waals surface area (Å²) in [5.74, 6) is 0.232. The SMILES string of the molecule is Cc1cccc(C=CC(=O)N(C)[C@@H]2CC[C@]3(O)[C@H]4Cc5ccc(O)cc5[C@@]3(CCN4C)C2)c1. The molecule has 1 amide bonds. The largest absolute Gasteiger partial charge is 0.508 e. The van der Waals surface area contributed by atoms with Gasteiger partial charge in [0, 0.05) is 30.6 Å². The van der Waals surface area contributed by atoms with Crippen LogP contribution < -0.4 is 0 Å². The van der Waals surface area contributed by atoms with Gasteiger partial charge in [-0.2, -0.15) is 0 Å². The number of amides is 1. The van der Waals surface area contributed by atoms with Crippen molar-refractivity contribution in [1.82, 2.24) is 9.80 Å². The Labute approximate surface area is 196 Å². The van der Waals surface area contributed by atoms with Gasteiger partial charge in [0.15, 0.2) is 0 Å². The molecule has 5 nitrogen and oxygen atoms in total. The summed E-state index contributed by atoms with van der Waals surface area (Å²) in [7, 11) is 3.99. The number of phenols is 1. The minimum atomic E-state index is -0.849. The maximum atomic E-state index is 13.1. The number of hydrogen-bond donors (Lipinski definition) is 2. The average Bonchev–Trinajstić information content (AvgIpc) is 2.79. The van der Waals surface area contributed by atoms with Gasteiger partial charge in [-0.15, -0.1) is 0 Å². The number of rotatable bonds is 3. The Kier molecular flexibility index (Phi) is 5.37. The predicted molar refractivity (Wildman–Crippen MR) is 130 cm³/mol. The summed E-state index contributed by atoms with van der Waals surface area (Å²) in [4.78, 5) is 17.2. The zero-order valence-electron chi connectivity index (χ0n) is 19.8. The van der Waals surface area contributed by atoms with Crippen molar-refractivity contribution in [3.05, 3.63) is 70.8 Å². The molecule has 2 aromatic rings. The van der Waals surface area contributed by atoms with Crippen LogP contribution in [0.5, 0.6) is 5.75 Å². The van der Waals surface area contributed by atoms with E-state index in [1.165, 1.54) is 11.1 Å². The number of likely N-dealkylation sites (tertiary alicyclic amines) is 1. The lowest BCUT2D eigenvalue weighted by Gasteiger charge is -2.64. The molecule has 0 radical (unpaired) electrons. The Hall–Kier alpha value is -2.63. The highest BCUT2D eigenvalue weighted by molar-refractivity contribution is 5.91. The Morgan fingerprint density at radius 3 is 2.82 bits per heavy atom. The Balaban J connectivity index is 1.45. The number of nitrogens with zero attached hydrogens (tertiary/aromatic N) is 2. The third kappa shape index (κ3) is 3.49. The van der Waals surface area contributed by atoms with Crippen molar-refractivity contribution in [2.75, 3.05) is 20.6 Å². The molecule has 2 N–H and O–H groups in total. The molecule has 0 spiro atoms. The lowest BCUT2D eigenvalue weighted by Crippen LogP contribution is -2.73. The van der Waals surface area contributed by atoms with Gasteiger partial charge in [-0.3, -0.25) is 4.79 Å². The molecular formula is C28H34N2O3. The van der Waals surface area contributed by atoms with Crippen LogP contribution in [0.25, 0.3) is 6.08 Å². The molecule has 2 bridgehead atoms. The topological polar surface area (TPSA) is 64.0 Å². The fourth-order valence-corrected chi connectivity index (χ4v) is 6.77. The lowest BCUT2D eigenvalue weighted by atomic mass is 9.49. The molecule has 5 heteroatoms. The van der Waals surface area contributed by atoms with Crippen LogP contribution in [0, 0.1) is 6.92 Å². The van der Waals surface area contributed by atoms with E-state index in [9.17, 15) is 15.0 Å². The number of aliphatic hydroxyl groups is 1. The van der Waals surface area contributed by atoms with Gasteiger partial charge >= 0.3 is 0 Å². The molecule has 2 fully saturated rings. The third-order valence-electron chi connectivity index (χ3n) is 8.62. The molecule has 0 aromatic heterocycles. The van der Waals surface area contributed by atoms with E-state index >= 15 is 0 Å². The van der Waals surface area contributed by atoms with Crippen molar-refractivity contribution in [3.8, 4) is 5.75 Å². The zero-order chi connectivity index (χ0) is 23.4. The van der Waals surface area contributed by atoms with Gasteiger partial charge in [0.05, 0.1) is 5.60 Å². The average molecular weight is 447 g/mol. The van der Waals surface area contributed by atoms with E-state index in [4.69, 9.17) is 0 Å². The zero-order valence-corrected chi connectivity index (χ0v) is 19.8. The van der Waals surface area contributed by atoms with E-state index in [2.05, 4.69) is 18.0 Å². The van der Waals surface area contributed by atoms with Crippen molar-refractivity contribution in [2.45, 2.75) is 62.1 Å². The number of carbonyl (C=O) groups excluding carboxylic acids is 1. The number of carbonyl (C=O) groups is 1. The van der Waals surface area contributed by atoms with Crippen LogP contribution >= 0.6 is 0 Å². The second-order valence-corrected chi connectivity index (χ2v) is 10.4. The van der Waals surface area contributed by atoms with Gasteiger partial charge in [-0.05, 0) is 87.5 Å². The first-order valence-electron chi connectivity index (χ1n) is 12.0. The van der Waals surface area contributed by atoms with Crippen LogP contribution in [0.15, 0.2) is 48.5 Å². The second-order valence-electron chi connectivity index (χ2n) is 10.4. The molecule has 2 aliphatic carbocycles. The molecule has 1 heterocycles. The van der Waals surface area contributed by atoms with Gasteiger partial charge < -0.3 is 20.0 Å². The van der Waals surface area contributed by atoms with Crippen LogP contribution in [0.3, 0.4) is 0 Å². The highest BCUT2D eigenvalue weighted by Crippen LogP contribution is 2.58. The molecule has 4 atom stereocenters. The fraction of sp³-hybridized carbons (Fsp3) is 0.464. The standard InChI is InChI=1S/C28H34N2O3/c1-19-5-4-6-20(15-19)7-10-26(32)30(3)22-11-12-28(33)25-16-21-8-9-23(31)17-24(21)27(28,18-22)13-14-29(25)2/h4-10,15,17,22,25,31,33H,11-14,16,18H2,1-3H3/t22-,25-,27-,28+/m1/s1. The number of aryl methyl sites for hydroxylation is 1. The van der Waals surface area contributed by atoms with E-state index in [0.717, 1.165) is 36.9 Å². The van der Waals surface area contributed by atoms with E-state index in [-0.39, 0.29) is 23.7 Å². The van der Waals surface area contributed by atoms with Crippen molar-refractivity contribution in [1.29, 1.82) is 0 Å². The number of fused-ring (bicyclic) bond motifs is 1. The summed E-state index contributed by atoms with van der Waals surface area (Å²) in [5, 5.41) is 22.4. The summed E-state index contributed by atoms with van der Waals surface area (Å²) in [5.41, 5.74) is 3.17. The number of hydrogen-bond acceptors (Lipinski definition) is 4. The van der Waals surface area contributed by atoms with Crippen LogP contribution in [0.4, 0.5) is 0 Å². The molecule has 0 unspecified atom stereocenters. The van der Waals surface area contributed by atoms with Gasteiger partial charge in [0.2, 0.25) is 5.91 Å². The number of likely N-dealkylation sites (N-methyl/N-ethyl adjacent to an activating group) is 2. The second kappa shape index (κ2) is 8.00. The van der Waals surface area contributed by atoms with E-state index < -0.39 is 11.0 Å². The molecule has 1 saturated carbocycles. The highest BCUT2D eigenvalue weighted by Gasteiger charge is 2.64. The smallest absolute Gasteiger partial charge is 0.246 e. The molecule has 2 aromatic carbocycles. The summed E-state index contributed by atoms with van der Waals surface area (Å²) in [6.45, 7) is 2.95. The van der Waals surface area contributed by atoms with Crippen molar-refractivity contribution >= 4 is 12.0 Å². The summed E-state index contributed by atoms with van der Waals surface area (Å²) < 4.78 is 0. The van der Waals surface area contributed by atoms with E-state index in [1.54, 1.807) is 12.1 Å². The monoisotopic (exact) mass is 446 g/mol. The van der Waals surface area contributed by atoms with Crippen LogP contribution in [-0.2, 0) is 16.6 Å². The maximum absolute atomic E-state index is 13.1. The summed E-state index contributed by atoms with van der Waals surface area (Å²) >= 11 is 0. The van der Waals surface area contributed by atoms with Crippen molar-refractivity contribution < 1.29 is 15.0 Å². The number of piperidine rings is 1. The van der Waals surface area contributed by atoms with Gasteiger partial charge in [0.25, 0.3) is 0 Å². The molecule has 3 aliphatic rings. The highest BCUT2D eigenvalue weighted by atomic mass is 16.3. The first-order valence-corrected chi connectivity index (χ1v) is 12.0. The Morgan fingerprint density at radius 1 is 1.21 bits per heavy atom. The predicted octanol–water partition coefficient (Wildman–Crippen LogP) is 3.65.